The number of rotatable bonds is 2. The Morgan fingerprint density at radius 1 is 1.32 bits per heavy atom. The highest BCUT2D eigenvalue weighted by atomic mass is 16.5. The number of aryl methyl sites for hydroxylation is 1. The quantitative estimate of drug-likeness (QED) is 0.816. The molecule has 5 nitrogen and oxygen atoms in total. The normalized spacial score (nSPS) is 17.8. The second-order valence-corrected chi connectivity index (χ2v) is 6.25. The molecule has 0 unspecified atom stereocenters. The Balaban J connectivity index is 1.84. The molecule has 19 heavy (non-hydrogen) atoms. The third kappa shape index (κ3) is 3.56. The Hall–Kier alpha value is -1.36. The summed E-state index contributed by atoms with van der Waals surface area (Å²) in [7, 11) is 0. The van der Waals surface area contributed by atoms with Crippen molar-refractivity contribution in [3.63, 3.8) is 0 Å². The van der Waals surface area contributed by atoms with Crippen LogP contribution >= 0.6 is 0 Å². The van der Waals surface area contributed by atoms with E-state index in [2.05, 4.69) is 10.1 Å². The van der Waals surface area contributed by atoms with E-state index in [-0.39, 0.29) is 11.3 Å². The predicted octanol–water partition coefficient (Wildman–Crippen LogP) is 1.67. The molecular weight excluding hydrogens is 242 g/mol. The zero-order valence-corrected chi connectivity index (χ0v) is 12.3. The molecule has 1 saturated heterocycles. The van der Waals surface area contributed by atoms with Crippen LogP contribution in [0.25, 0.3) is 0 Å². The molecule has 0 spiro atoms. The highest BCUT2D eigenvalue weighted by Crippen LogP contribution is 2.19. The minimum absolute atomic E-state index is 0.239. The molecule has 1 amide bonds. The summed E-state index contributed by atoms with van der Waals surface area (Å²) in [6, 6.07) is 1.96. The van der Waals surface area contributed by atoms with E-state index >= 15 is 0 Å². The van der Waals surface area contributed by atoms with Crippen LogP contribution in [-0.2, 0) is 11.3 Å². The van der Waals surface area contributed by atoms with Gasteiger partial charge in [0, 0.05) is 37.7 Å². The summed E-state index contributed by atoms with van der Waals surface area (Å²) in [6.07, 6.45) is 0. The van der Waals surface area contributed by atoms with Crippen LogP contribution in [-0.4, -0.2) is 47.0 Å². The fourth-order valence-corrected chi connectivity index (χ4v) is 2.29. The summed E-state index contributed by atoms with van der Waals surface area (Å²) in [6.45, 7) is 12.0. The first-order valence-electron chi connectivity index (χ1n) is 6.80. The lowest BCUT2D eigenvalue weighted by Gasteiger charge is -2.37. The minimum Gasteiger partial charge on any atom is -0.360 e. The van der Waals surface area contributed by atoms with Crippen LogP contribution in [0.1, 0.15) is 32.2 Å². The van der Waals surface area contributed by atoms with Crippen molar-refractivity contribution in [1.82, 2.24) is 15.0 Å². The smallest absolute Gasteiger partial charge is 0.228 e. The van der Waals surface area contributed by atoms with Crippen LogP contribution < -0.4 is 0 Å². The molecule has 1 aliphatic rings. The van der Waals surface area contributed by atoms with Gasteiger partial charge in [-0.2, -0.15) is 0 Å². The van der Waals surface area contributed by atoms with E-state index in [1.165, 1.54) is 0 Å². The van der Waals surface area contributed by atoms with E-state index in [0.29, 0.717) is 0 Å². The van der Waals surface area contributed by atoms with Crippen LogP contribution in [0.3, 0.4) is 0 Å². The third-order valence-corrected chi connectivity index (χ3v) is 3.36. The molecule has 0 saturated carbocycles. The number of piperazine rings is 1. The summed E-state index contributed by atoms with van der Waals surface area (Å²) < 4.78 is 5.22. The molecule has 2 rings (SSSR count). The molecule has 5 heteroatoms. The average molecular weight is 265 g/mol. The summed E-state index contributed by atoms with van der Waals surface area (Å²) in [5, 5.41) is 3.89. The Morgan fingerprint density at radius 3 is 2.42 bits per heavy atom. The SMILES string of the molecule is Cc1cc(CN2CCN(C(=O)C(C)(C)C)CC2)on1. The van der Waals surface area contributed by atoms with Crippen LogP contribution in [0.5, 0.6) is 0 Å². The van der Waals surface area contributed by atoms with Gasteiger partial charge in [0.25, 0.3) is 0 Å². The van der Waals surface area contributed by atoms with Gasteiger partial charge in [-0.15, -0.1) is 0 Å². The number of hydrogen-bond acceptors (Lipinski definition) is 4. The summed E-state index contributed by atoms with van der Waals surface area (Å²) >= 11 is 0. The number of hydrogen-bond donors (Lipinski definition) is 0. The molecular formula is C14H23N3O2. The van der Waals surface area contributed by atoms with Crippen molar-refractivity contribution < 1.29 is 9.32 Å². The highest BCUT2D eigenvalue weighted by molar-refractivity contribution is 5.81. The van der Waals surface area contributed by atoms with Gasteiger partial charge in [-0.3, -0.25) is 9.69 Å². The van der Waals surface area contributed by atoms with Gasteiger partial charge in [0.05, 0.1) is 12.2 Å². The van der Waals surface area contributed by atoms with Gasteiger partial charge in [-0.25, -0.2) is 0 Å². The molecule has 2 heterocycles. The van der Waals surface area contributed by atoms with Crippen LogP contribution in [0.2, 0.25) is 0 Å². The number of nitrogens with zero attached hydrogens (tertiary/aromatic N) is 3. The Labute approximate surface area is 114 Å². The van der Waals surface area contributed by atoms with Crippen molar-refractivity contribution in [3.8, 4) is 0 Å². The third-order valence-electron chi connectivity index (χ3n) is 3.36. The fraction of sp³-hybridized carbons (Fsp3) is 0.714. The lowest BCUT2D eigenvalue weighted by molar-refractivity contribution is -0.141. The van der Waals surface area contributed by atoms with Gasteiger partial charge < -0.3 is 9.42 Å². The summed E-state index contributed by atoms with van der Waals surface area (Å²) in [4.78, 5) is 16.4. The molecule has 0 atom stereocenters. The maximum Gasteiger partial charge on any atom is 0.228 e. The standard InChI is InChI=1S/C14H23N3O2/c1-11-9-12(19-15-11)10-16-5-7-17(8-6-16)13(18)14(2,3)4/h9H,5-8,10H2,1-4H3. The molecule has 1 aromatic rings. The first kappa shape index (κ1) is 14.1. The van der Waals surface area contributed by atoms with E-state index in [9.17, 15) is 4.79 Å². The largest absolute Gasteiger partial charge is 0.360 e. The Morgan fingerprint density at radius 2 is 1.95 bits per heavy atom. The molecule has 0 aliphatic carbocycles. The molecule has 106 valence electrons. The van der Waals surface area contributed by atoms with Crippen molar-refractivity contribution >= 4 is 5.91 Å². The van der Waals surface area contributed by atoms with Gasteiger partial charge in [0.1, 0.15) is 0 Å². The highest BCUT2D eigenvalue weighted by Gasteiger charge is 2.29. The second kappa shape index (κ2) is 5.33. The van der Waals surface area contributed by atoms with E-state index in [4.69, 9.17) is 4.52 Å². The van der Waals surface area contributed by atoms with Gasteiger partial charge in [0.2, 0.25) is 5.91 Å². The van der Waals surface area contributed by atoms with E-state index in [0.717, 1.165) is 44.2 Å². The Kier molecular flexibility index (Phi) is 3.94. The van der Waals surface area contributed by atoms with Crippen molar-refractivity contribution in [2.75, 3.05) is 26.2 Å². The lowest BCUT2D eigenvalue weighted by atomic mass is 9.94. The van der Waals surface area contributed by atoms with Crippen LogP contribution in [0.4, 0.5) is 0 Å². The molecule has 0 radical (unpaired) electrons. The zero-order valence-electron chi connectivity index (χ0n) is 12.3. The molecule has 0 aromatic carbocycles. The topological polar surface area (TPSA) is 49.6 Å². The number of carbonyl (C=O) groups is 1. The zero-order chi connectivity index (χ0) is 14.0. The maximum absolute atomic E-state index is 12.2. The van der Waals surface area contributed by atoms with Crippen molar-refractivity contribution in [2.45, 2.75) is 34.2 Å². The van der Waals surface area contributed by atoms with Crippen molar-refractivity contribution in [3.05, 3.63) is 17.5 Å². The Bertz CT molecular complexity index is 440. The second-order valence-electron chi connectivity index (χ2n) is 6.25. The number of carbonyl (C=O) groups excluding carboxylic acids is 1. The first-order chi connectivity index (χ1) is 8.86. The van der Waals surface area contributed by atoms with Gasteiger partial charge in [0.15, 0.2) is 5.76 Å². The van der Waals surface area contributed by atoms with E-state index < -0.39 is 0 Å². The summed E-state index contributed by atoms with van der Waals surface area (Å²) in [5.41, 5.74) is 0.626. The van der Waals surface area contributed by atoms with E-state index in [1.807, 2.05) is 38.7 Å². The van der Waals surface area contributed by atoms with Gasteiger partial charge in [-0.1, -0.05) is 25.9 Å². The van der Waals surface area contributed by atoms with Gasteiger partial charge in [-0.05, 0) is 6.92 Å². The maximum atomic E-state index is 12.2. The molecule has 1 aromatic heterocycles. The first-order valence-corrected chi connectivity index (χ1v) is 6.80. The van der Waals surface area contributed by atoms with Gasteiger partial charge >= 0.3 is 0 Å². The lowest BCUT2D eigenvalue weighted by Crippen LogP contribution is -2.51. The molecule has 0 bridgehead atoms. The monoisotopic (exact) mass is 265 g/mol. The van der Waals surface area contributed by atoms with Crippen molar-refractivity contribution in [2.24, 2.45) is 5.41 Å². The van der Waals surface area contributed by atoms with Crippen LogP contribution in [0.15, 0.2) is 10.6 Å². The minimum atomic E-state index is -0.287. The predicted molar refractivity (Wildman–Crippen MR) is 72.6 cm³/mol. The molecule has 1 fully saturated rings. The summed E-state index contributed by atoms with van der Waals surface area (Å²) in [5.74, 6) is 1.13. The van der Waals surface area contributed by atoms with E-state index in [1.54, 1.807) is 0 Å². The molecule has 1 aliphatic heterocycles. The molecule has 0 N–H and O–H groups in total. The average Bonchev–Trinajstić information content (AvgIpc) is 2.74. The van der Waals surface area contributed by atoms with Crippen molar-refractivity contribution in [1.29, 1.82) is 0 Å². The fourth-order valence-electron chi connectivity index (χ4n) is 2.29. The number of aromatic nitrogens is 1. The van der Waals surface area contributed by atoms with Crippen LogP contribution in [0, 0.1) is 12.3 Å². The number of amides is 1.